The molecule has 1 aromatic heterocycles. The first-order chi connectivity index (χ1) is 4.13. The molecule has 0 aliphatic heterocycles. The summed E-state index contributed by atoms with van der Waals surface area (Å²) in [5.74, 6) is -0.488. The van der Waals surface area contributed by atoms with Crippen LogP contribution in [0.3, 0.4) is 0 Å². The minimum Gasteiger partial charge on any atom is -0.204 e. The van der Waals surface area contributed by atoms with Gasteiger partial charge >= 0.3 is 0 Å². The normalized spacial score (nSPS) is 10.2. The van der Waals surface area contributed by atoms with Gasteiger partial charge in [-0.25, -0.2) is 4.39 Å². The summed E-state index contributed by atoms with van der Waals surface area (Å²) < 4.78 is 24.8. The van der Waals surface area contributed by atoms with Crippen LogP contribution in [0.15, 0.2) is 4.47 Å². The Bertz CT molecular complexity index is 209. The second kappa shape index (κ2) is 2.34. The van der Waals surface area contributed by atoms with E-state index in [-0.39, 0.29) is 4.47 Å². The van der Waals surface area contributed by atoms with Gasteiger partial charge < -0.3 is 0 Å². The minimum absolute atomic E-state index is 0.0509. The van der Waals surface area contributed by atoms with E-state index >= 15 is 0 Å². The van der Waals surface area contributed by atoms with Gasteiger partial charge in [0.2, 0.25) is 0 Å². The van der Waals surface area contributed by atoms with Crippen molar-refractivity contribution in [1.29, 1.82) is 0 Å². The fourth-order valence-corrected chi connectivity index (χ4v) is 1.78. The number of rotatable bonds is 0. The van der Waals surface area contributed by atoms with Crippen LogP contribution in [0.5, 0.6) is 0 Å². The van der Waals surface area contributed by atoms with E-state index in [1.807, 2.05) is 0 Å². The monoisotopic (exact) mass is 212 g/mol. The Morgan fingerprint density at radius 3 is 2.11 bits per heavy atom. The zero-order valence-corrected chi connectivity index (χ0v) is 6.94. The predicted molar refractivity (Wildman–Crippen MR) is 36.7 cm³/mol. The minimum atomic E-state index is -0.495. The van der Waals surface area contributed by atoms with Gasteiger partial charge in [0, 0.05) is 4.88 Å². The Hall–Kier alpha value is 0.0400. The SMILES string of the molecule is Cc1sc(F)c(Br)c1F. The first kappa shape index (κ1) is 7.15. The highest BCUT2D eigenvalue weighted by atomic mass is 79.9. The van der Waals surface area contributed by atoms with E-state index in [0.29, 0.717) is 4.88 Å². The molecular formula is C5H3BrF2S. The zero-order chi connectivity index (χ0) is 7.02. The molecule has 0 amide bonds. The van der Waals surface area contributed by atoms with E-state index < -0.39 is 10.9 Å². The van der Waals surface area contributed by atoms with Gasteiger partial charge in [-0.3, -0.25) is 0 Å². The summed E-state index contributed by atoms with van der Waals surface area (Å²) in [5, 5.41) is -0.495. The number of halogens is 3. The van der Waals surface area contributed by atoms with Crippen molar-refractivity contribution in [3.8, 4) is 0 Å². The Balaban J connectivity index is 3.29. The van der Waals surface area contributed by atoms with Gasteiger partial charge in [-0.2, -0.15) is 4.39 Å². The summed E-state index contributed by atoms with van der Waals surface area (Å²) in [4.78, 5) is 0.374. The van der Waals surface area contributed by atoms with E-state index in [4.69, 9.17) is 0 Å². The van der Waals surface area contributed by atoms with Crippen LogP contribution in [0.2, 0.25) is 0 Å². The molecule has 0 bridgehead atoms. The lowest BCUT2D eigenvalue weighted by Gasteiger charge is -1.80. The van der Waals surface area contributed by atoms with E-state index in [1.165, 1.54) is 6.92 Å². The maximum absolute atomic E-state index is 12.5. The van der Waals surface area contributed by atoms with Crippen molar-refractivity contribution in [3.05, 3.63) is 20.3 Å². The first-order valence-electron chi connectivity index (χ1n) is 2.23. The lowest BCUT2D eigenvalue weighted by atomic mass is 10.5. The Labute approximate surface area is 63.6 Å². The average Bonchev–Trinajstić information content (AvgIpc) is 1.98. The molecule has 4 heteroatoms. The molecule has 1 heterocycles. The predicted octanol–water partition coefficient (Wildman–Crippen LogP) is 3.10. The topological polar surface area (TPSA) is 0 Å². The third-order valence-electron chi connectivity index (χ3n) is 0.917. The molecule has 0 aliphatic rings. The van der Waals surface area contributed by atoms with E-state index in [9.17, 15) is 8.78 Å². The smallest absolute Gasteiger partial charge is 0.193 e. The maximum atomic E-state index is 12.5. The van der Waals surface area contributed by atoms with Crippen molar-refractivity contribution >= 4 is 27.3 Å². The lowest BCUT2D eigenvalue weighted by Crippen LogP contribution is -1.70. The molecule has 0 unspecified atom stereocenters. The van der Waals surface area contributed by atoms with Crippen molar-refractivity contribution in [2.75, 3.05) is 0 Å². The molecule has 9 heavy (non-hydrogen) atoms. The van der Waals surface area contributed by atoms with Crippen molar-refractivity contribution in [2.24, 2.45) is 0 Å². The number of hydrogen-bond donors (Lipinski definition) is 0. The van der Waals surface area contributed by atoms with Crippen molar-refractivity contribution in [2.45, 2.75) is 6.92 Å². The molecule has 1 aromatic rings. The van der Waals surface area contributed by atoms with E-state index in [0.717, 1.165) is 11.3 Å². The fraction of sp³-hybridized carbons (Fsp3) is 0.200. The first-order valence-corrected chi connectivity index (χ1v) is 3.83. The average molecular weight is 213 g/mol. The molecule has 0 atom stereocenters. The van der Waals surface area contributed by atoms with Crippen LogP contribution < -0.4 is 0 Å². The van der Waals surface area contributed by atoms with Gasteiger partial charge in [-0.15, -0.1) is 11.3 Å². The maximum Gasteiger partial charge on any atom is 0.193 e. The summed E-state index contributed by atoms with van der Waals surface area (Å²) in [6.45, 7) is 1.54. The van der Waals surface area contributed by atoms with Crippen LogP contribution in [0.1, 0.15) is 4.88 Å². The molecule has 0 nitrogen and oxygen atoms in total. The third-order valence-corrected chi connectivity index (χ3v) is 2.74. The van der Waals surface area contributed by atoms with Gasteiger partial charge in [-0.1, -0.05) is 0 Å². The van der Waals surface area contributed by atoms with E-state index in [2.05, 4.69) is 15.9 Å². The molecular weight excluding hydrogens is 210 g/mol. The third kappa shape index (κ3) is 1.14. The Kier molecular flexibility index (Phi) is 1.86. The van der Waals surface area contributed by atoms with Crippen molar-refractivity contribution in [3.63, 3.8) is 0 Å². The molecule has 0 N–H and O–H groups in total. The number of thiophene rings is 1. The molecule has 0 fully saturated rings. The van der Waals surface area contributed by atoms with Gasteiger partial charge in [0.05, 0.1) is 0 Å². The van der Waals surface area contributed by atoms with Crippen LogP contribution >= 0.6 is 27.3 Å². The molecule has 0 aromatic carbocycles. The molecule has 0 spiro atoms. The van der Waals surface area contributed by atoms with Crippen LogP contribution in [0.25, 0.3) is 0 Å². The standard InChI is InChI=1S/C5H3BrF2S/c1-2-4(7)3(6)5(8)9-2/h1H3. The van der Waals surface area contributed by atoms with Crippen LogP contribution in [0.4, 0.5) is 8.78 Å². The van der Waals surface area contributed by atoms with Crippen LogP contribution in [0, 0.1) is 17.9 Å². The second-order valence-electron chi connectivity index (χ2n) is 1.56. The second-order valence-corrected chi connectivity index (χ2v) is 3.53. The molecule has 0 saturated heterocycles. The Morgan fingerprint density at radius 2 is 2.00 bits per heavy atom. The summed E-state index contributed by atoms with van der Waals surface area (Å²) >= 11 is 3.57. The van der Waals surface area contributed by atoms with Gasteiger partial charge in [0.15, 0.2) is 10.9 Å². The largest absolute Gasteiger partial charge is 0.204 e. The summed E-state index contributed by atoms with van der Waals surface area (Å²) in [6.07, 6.45) is 0. The van der Waals surface area contributed by atoms with Gasteiger partial charge in [0.1, 0.15) is 4.47 Å². The highest BCUT2D eigenvalue weighted by molar-refractivity contribution is 9.10. The van der Waals surface area contributed by atoms with Crippen molar-refractivity contribution in [1.82, 2.24) is 0 Å². The number of hydrogen-bond acceptors (Lipinski definition) is 1. The summed E-state index contributed by atoms with van der Waals surface area (Å²) in [6, 6.07) is 0. The number of aryl methyl sites for hydroxylation is 1. The van der Waals surface area contributed by atoms with E-state index in [1.54, 1.807) is 0 Å². The molecule has 50 valence electrons. The highest BCUT2D eigenvalue weighted by Gasteiger charge is 2.11. The van der Waals surface area contributed by atoms with Crippen LogP contribution in [-0.4, -0.2) is 0 Å². The lowest BCUT2D eigenvalue weighted by molar-refractivity contribution is 0.594. The summed E-state index contributed by atoms with van der Waals surface area (Å²) in [5.41, 5.74) is 0. The summed E-state index contributed by atoms with van der Waals surface area (Å²) in [7, 11) is 0. The Morgan fingerprint density at radius 1 is 1.44 bits per heavy atom. The molecule has 0 saturated carbocycles. The van der Waals surface area contributed by atoms with Crippen molar-refractivity contribution < 1.29 is 8.78 Å². The van der Waals surface area contributed by atoms with Crippen LogP contribution in [-0.2, 0) is 0 Å². The highest BCUT2D eigenvalue weighted by Crippen LogP contribution is 2.28. The molecule has 0 aliphatic carbocycles. The zero-order valence-electron chi connectivity index (χ0n) is 4.54. The van der Waals surface area contributed by atoms with Gasteiger partial charge in [-0.05, 0) is 22.9 Å². The van der Waals surface area contributed by atoms with Gasteiger partial charge in [0.25, 0.3) is 0 Å². The quantitative estimate of drug-likeness (QED) is 0.621. The molecule has 1 rings (SSSR count). The molecule has 0 radical (unpaired) electrons. The fourth-order valence-electron chi connectivity index (χ4n) is 0.465.